The van der Waals surface area contributed by atoms with Crippen LogP contribution in [0.4, 0.5) is 0 Å². The van der Waals surface area contributed by atoms with Crippen LogP contribution in [-0.2, 0) is 15.0 Å². The summed E-state index contributed by atoms with van der Waals surface area (Å²) in [5.74, 6) is 0.431. The lowest BCUT2D eigenvalue weighted by Crippen LogP contribution is -2.05. The summed E-state index contributed by atoms with van der Waals surface area (Å²) in [4.78, 5) is 4.42. The summed E-state index contributed by atoms with van der Waals surface area (Å²) in [6, 6.07) is 0. The van der Waals surface area contributed by atoms with E-state index in [-0.39, 0.29) is 0 Å². The maximum absolute atomic E-state index is 7.66. The van der Waals surface area contributed by atoms with Crippen molar-refractivity contribution in [1.82, 2.24) is 0 Å². The van der Waals surface area contributed by atoms with Crippen molar-refractivity contribution in [2.24, 2.45) is 5.92 Å². The summed E-state index contributed by atoms with van der Waals surface area (Å²) in [6.45, 7) is 4.57. The van der Waals surface area contributed by atoms with Crippen LogP contribution in [0, 0.1) is 5.92 Å². The lowest BCUT2D eigenvalue weighted by Gasteiger charge is -2.06. The molecule has 10 heavy (non-hydrogen) atoms. The normalized spacial score (nSPS) is 13.5. The molecule has 0 aliphatic heterocycles. The Morgan fingerprint density at radius 1 is 1.50 bits per heavy atom. The Morgan fingerprint density at radius 2 is 2.20 bits per heavy atom. The molecule has 1 N–H and O–H groups in total. The van der Waals surface area contributed by atoms with Gasteiger partial charge in [-0.2, -0.15) is 0 Å². The lowest BCUT2D eigenvalue weighted by molar-refractivity contribution is -0.624. The van der Waals surface area contributed by atoms with Gasteiger partial charge in [0, 0.05) is 0 Å². The van der Waals surface area contributed by atoms with Gasteiger partial charge in [0.15, 0.2) is 0 Å². The highest BCUT2D eigenvalue weighted by atomic mass is 17.6. The number of rotatable bonds is 6. The molecule has 4 heteroatoms. The Labute approximate surface area is 60.5 Å². The molecule has 62 valence electrons. The van der Waals surface area contributed by atoms with E-state index in [0.29, 0.717) is 12.5 Å². The van der Waals surface area contributed by atoms with Gasteiger partial charge in [0.05, 0.1) is 6.61 Å². The molecule has 0 rings (SSSR count). The monoisotopic (exact) mass is 150 g/mol. The quantitative estimate of drug-likeness (QED) is 0.356. The standard InChI is InChI=1S/C6H14O4/c1-3-4-6(2)5-8-10-9-7/h6-7H,3-5H2,1-2H3. The van der Waals surface area contributed by atoms with E-state index in [1.54, 1.807) is 0 Å². The summed E-state index contributed by atoms with van der Waals surface area (Å²) < 4.78 is 0. The van der Waals surface area contributed by atoms with E-state index in [4.69, 9.17) is 5.26 Å². The van der Waals surface area contributed by atoms with E-state index in [2.05, 4.69) is 21.9 Å². The molecule has 0 amide bonds. The maximum Gasteiger partial charge on any atom is 0.0880 e. The van der Waals surface area contributed by atoms with Gasteiger partial charge in [0.2, 0.25) is 0 Å². The van der Waals surface area contributed by atoms with Crippen molar-refractivity contribution >= 4 is 0 Å². The second-order valence-corrected chi connectivity index (χ2v) is 2.32. The third kappa shape index (κ3) is 5.97. The van der Waals surface area contributed by atoms with Gasteiger partial charge in [0.25, 0.3) is 0 Å². The zero-order valence-corrected chi connectivity index (χ0v) is 6.37. The fraction of sp³-hybridized carbons (Fsp3) is 1.00. The van der Waals surface area contributed by atoms with Crippen molar-refractivity contribution in [3.05, 3.63) is 0 Å². The van der Waals surface area contributed by atoms with Crippen LogP contribution >= 0.6 is 0 Å². The molecule has 0 aliphatic carbocycles. The Balaban J connectivity index is 2.97. The molecular formula is C6H14O4. The van der Waals surface area contributed by atoms with Crippen molar-refractivity contribution < 1.29 is 20.2 Å². The first-order chi connectivity index (χ1) is 4.81. The first-order valence-electron chi connectivity index (χ1n) is 3.41. The zero-order valence-electron chi connectivity index (χ0n) is 6.37. The first kappa shape index (κ1) is 9.84. The molecular weight excluding hydrogens is 136 g/mol. The van der Waals surface area contributed by atoms with Gasteiger partial charge in [-0.05, 0) is 22.4 Å². The molecule has 0 aromatic carbocycles. The van der Waals surface area contributed by atoms with Crippen molar-refractivity contribution in [2.75, 3.05) is 6.61 Å². The Bertz CT molecular complexity index is 66.8. The summed E-state index contributed by atoms with van der Waals surface area (Å²) in [5.41, 5.74) is 0. The average Bonchev–Trinajstić information content (AvgIpc) is 1.89. The molecule has 0 spiro atoms. The van der Waals surface area contributed by atoms with Crippen LogP contribution in [0.15, 0.2) is 0 Å². The summed E-state index contributed by atoms with van der Waals surface area (Å²) >= 11 is 0. The van der Waals surface area contributed by atoms with E-state index < -0.39 is 0 Å². The first-order valence-corrected chi connectivity index (χ1v) is 3.41. The van der Waals surface area contributed by atoms with Gasteiger partial charge in [-0.15, -0.1) is 0 Å². The molecule has 0 radical (unpaired) electrons. The summed E-state index contributed by atoms with van der Waals surface area (Å²) in [7, 11) is 0. The van der Waals surface area contributed by atoms with Gasteiger partial charge in [0.1, 0.15) is 0 Å². The van der Waals surface area contributed by atoms with E-state index in [0.717, 1.165) is 12.8 Å². The number of hydrogen-bond acceptors (Lipinski definition) is 4. The molecule has 0 aromatic rings. The smallest absolute Gasteiger partial charge is 0.0880 e. The Kier molecular flexibility index (Phi) is 6.84. The van der Waals surface area contributed by atoms with Crippen LogP contribution in [0.1, 0.15) is 26.7 Å². The Morgan fingerprint density at radius 3 is 2.70 bits per heavy atom. The molecule has 4 nitrogen and oxygen atoms in total. The topological polar surface area (TPSA) is 47.9 Å². The predicted octanol–water partition coefficient (Wildman–Crippen LogP) is 1.78. The van der Waals surface area contributed by atoms with E-state index in [1.807, 2.05) is 6.92 Å². The summed E-state index contributed by atoms with van der Waals surface area (Å²) in [5, 5.41) is 14.7. The van der Waals surface area contributed by atoms with Gasteiger partial charge in [-0.25, -0.2) is 10.1 Å². The highest BCUT2D eigenvalue weighted by molar-refractivity contribution is 4.46. The van der Waals surface area contributed by atoms with Crippen LogP contribution in [0.2, 0.25) is 0 Å². The van der Waals surface area contributed by atoms with Crippen LogP contribution < -0.4 is 0 Å². The van der Waals surface area contributed by atoms with Crippen molar-refractivity contribution in [1.29, 1.82) is 0 Å². The Hall–Kier alpha value is -0.160. The third-order valence-electron chi connectivity index (χ3n) is 1.21. The molecule has 0 heterocycles. The lowest BCUT2D eigenvalue weighted by atomic mass is 10.1. The average molecular weight is 150 g/mol. The van der Waals surface area contributed by atoms with Gasteiger partial charge in [-0.3, -0.25) is 0 Å². The minimum Gasteiger partial charge on any atom is -0.219 e. The molecule has 1 atom stereocenters. The second kappa shape index (κ2) is 6.95. The van der Waals surface area contributed by atoms with Crippen molar-refractivity contribution in [2.45, 2.75) is 26.7 Å². The van der Waals surface area contributed by atoms with Gasteiger partial charge in [-0.1, -0.05) is 20.3 Å². The molecule has 0 fully saturated rings. The number of hydrogen-bond donors (Lipinski definition) is 1. The fourth-order valence-electron chi connectivity index (χ4n) is 0.742. The van der Waals surface area contributed by atoms with E-state index in [9.17, 15) is 0 Å². The largest absolute Gasteiger partial charge is 0.219 e. The van der Waals surface area contributed by atoms with Crippen molar-refractivity contribution in [3.8, 4) is 0 Å². The van der Waals surface area contributed by atoms with Gasteiger partial charge >= 0.3 is 0 Å². The molecule has 0 aliphatic rings. The van der Waals surface area contributed by atoms with Crippen molar-refractivity contribution in [3.63, 3.8) is 0 Å². The van der Waals surface area contributed by atoms with Crippen LogP contribution in [0.3, 0.4) is 0 Å². The molecule has 0 saturated heterocycles. The zero-order chi connectivity index (χ0) is 7.82. The molecule has 0 aromatic heterocycles. The predicted molar refractivity (Wildman–Crippen MR) is 34.8 cm³/mol. The highest BCUT2D eigenvalue weighted by Gasteiger charge is 2.00. The fourth-order valence-corrected chi connectivity index (χ4v) is 0.742. The van der Waals surface area contributed by atoms with Crippen LogP contribution in [0.25, 0.3) is 0 Å². The maximum atomic E-state index is 7.66. The molecule has 0 bridgehead atoms. The molecule has 0 saturated carbocycles. The third-order valence-corrected chi connectivity index (χ3v) is 1.21. The van der Waals surface area contributed by atoms with E-state index in [1.165, 1.54) is 0 Å². The van der Waals surface area contributed by atoms with Gasteiger partial charge < -0.3 is 0 Å². The van der Waals surface area contributed by atoms with Crippen LogP contribution in [-0.4, -0.2) is 11.9 Å². The summed E-state index contributed by atoms with van der Waals surface area (Å²) in [6.07, 6.45) is 2.19. The highest BCUT2D eigenvalue weighted by Crippen LogP contribution is 2.04. The second-order valence-electron chi connectivity index (χ2n) is 2.32. The molecule has 1 unspecified atom stereocenters. The minimum absolute atomic E-state index is 0.431. The van der Waals surface area contributed by atoms with E-state index >= 15 is 0 Å². The SMILES string of the molecule is CCCC(C)COOOO. The minimum atomic E-state index is 0.431. The van der Waals surface area contributed by atoms with Crippen LogP contribution in [0.5, 0.6) is 0 Å².